The van der Waals surface area contributed by atoms with Crippen LogP contribution in [0.1, 0.15) is 32.3 Å². The molecule has 1 aromatic carbocycles. The van der Waals surface area contributed by atoms with Crippen LogP contribution in [0.3, 0.4) is 0 Å². The van der Waals surface area contributed by atoms with Crippen LogP contribution in [0.25, 0.3) is 0 Å². The highest BCUT2D eigenvalue weighted by Gasteiger charge is 2.26. The van der Waals surface area contributed by atoms with Gasteiger partial charge in [-0.1, -0.05) is 51.1 Å². The molecule has 0 saturated heterocycles. The first kappa shape index (κ1) is 14.2. The van der Waals surface area contributed by atoms with E-state index >= 15 is 0 Å². The Morgan fingerprint density at radius 1 is 1.33 bits per heavy atom. The molecule has 0 aromatic heterocycles. The summed E-state index contributed by atoms with van der Waals surface area (Å²) in [6.45, 7) is 6.85. The van der Waals surface area contributed by atoms with Crippen LogP contribution in [-0.2, 0) is 4.79 Å². The molecule has 0 saturated carbocycles. The van der Waals surface area contributed by atoms with E-state index in [1.54, 1.807) is 11.9 Å². The number of hydrogen-bond donors (Lipinski definition) is 0. The molecule has 18 heavy (non-hydrogen) atoms. The smallest absolute Gasteiger partial charge is 0.244 e. The van der Waals surface area contributed by atoms with Crippen molar-refractivity contribution in [1.82, 2.24) is 4.90 Å². The molecule has 0 fully saturated rings. The second kappa shape index (κ2) is 5.68. The van der Waals surface area contributed by atoms with Crippen LogP contribution >= 0.6 is 0 Å². The zero-order valence-corrected chi connectivity index (χ0v) is 11.5. The average molecular weight is 244 g/mol. The van der Waals surface area contributed by atoms with E-state index in [0.29, 0.717) is 6.54 Å². The highest BCUT2D eigenvalue weighted by Crippen LogP contribution is 2.20. The minimum Gasteiger partial charge on any atom is -0.344 e. The third kappa shape index (κ3) is 3.89. The largest absolute Gasteiger partial charge is 0.344 e. The molecular weight excluding hydrogens is 224 g/mol. The van der Waals surface area contributed by atoms with Crippen LogP contribution < -0.4 is 0 Å². The van der Waals surface area contributed by atoms with Crippen molar-refractivity contribution in [1.29, 1.82) is 5.26 Å². The minimum atomic E-state index is -0.710. The van der Waals surface area contributed by atoms with E-state index in [4.69, 9.17) is 0 Å². The summed E-state index contributed by atoms with van der Waals surface area (Å²) < 4.78 is 0. The van der Waals surface area contributed by atoms with E-state index in [1.807, 2.05) is 30.3 Å². The zero-order chi connectivity index (χ0) is 13.8. The predicted octanol–water partition coefficient (Wildman–Crippen LogP) is 2.80. The SMILES string of the molecule is CN(CC(C)(C)C)C(=O)C(C#N)c1ccccc1. The number of carbonyl (C=O) groups excluding carboxylic acids is 1. The Morgan fingerprint density at radius 3 is 2.33 bits per heavy atom. The monoisotopic (exact) mass is 244 g/mol. The Hall–Kier alpha value is -1.82. The summed E-state index contributed by atoms with van der Waals surface area (Å²) in [6.07, 6.45) is 0. The number of likely N-dealkylation sites (N-methyl/N-ethyl adjacent to an activating group) is 1. The Bertz CT molecular complexity index is 440. The summed E-state index contributed by atoms with van der Waals surface area (Å²) in [5.74, 6) is -0.850. The summed E-state index contributed by atoms with van der Waals surface area (Å²) in [5, 5.41) is 9.20. The van der Waals surface area contributed by atoms with Gasteiger partial charge in [-0.2, -0.15) is 5.26 Å². The Kier molecular flexibility index (Phi) is 4.49. The van der Waals surface area contributed by atoms with Gasteiger partial charge in [-0.15, -0.1) is 0 Å². The molecule has 0 aliphatic rings. The van der Waals surface area contributed by atoms with Crippen molar-refractivity contribution in [3.05, 3.63) is 35.9 Å². The lowest BCUT2D eigenvalue weighted by Gasteiger charge is -2.28. The van der Waals surface area contributed by atoms with E-state index < -0.39 is 5.92 Å². The lowest BCUT2D eigenvalue weighted by atomic mass is 9.94. The van der Waals surface area contributed by atoms with E-state index in [1.165, 1.54) is 0 Å². The van der Waals surface area contributed by atoms with Gasteiger partial charge in [-0.25, -0.2) is 0 Å². The molecule has 1 rings (SSSR count). The van der Waals surface area contributed by atoms with Gasteiger partial charge < -0.3 is 4.90 Å². The molecule has 1 atom stereocenters. The molecule has 0 spiro atoms. The molecule has 3 nitrogen and oxygen atoms in total. The number of benzene rings is 1. The first-order chi connectivity index (χ1) is 8.35. The van der Waals surface area contributed by atoms with Crippen LogP contribution in [0.4, 0.5) is 0 Å². The first-order valence-electron chi connectivity index (χ1n) is 6.05. The number of nitrogens with zero attached hydrogens (tertiary/aromatic N) is 2. The fourth-order valence-corrected chi connectivity index (χ4v) is 1.93. The summed E-state index contributed by atoms with van der Waals surface area (Å²) in [4.78, 5) is 13.9. The second-order valence-corrected chi connectivity index (χ2v) is 5.73. The molecule has 0 radical (unpaired) electrons. The Labute approximate surface area is 109 Å². The molecular formula is C15H20N2O. The molecule has 3 heteroatoms. The maximum Gasteiger partial charge on any atom is 0.244 e. The van der Waals surface area contributed by atoms with E-state index in [0.717, 1.165) is 5.56 Å². The van der Waals surface area contributed by atoms with Gasteiger partial charge >= 0.3 is 0 Å². The van der Waals surface area contributed by atoms with Crippen molar-refractivity contribution in [2.24, 2.45) is 5.41 Å². The molecule has 96 valence electrons. The van der Waals surface area contributed by atoms with Gasteiger partial charge in [0.1, 0.15) is 5.92 Å². The van der Waals surface area contributed by atoms with Crippen molar-refractivity contribution >= 4 is 5.91 Å². The van der Waals surface area contributed by atoms with Gasteiger partial charge in [0.25, 0.3) is 0 Å². The van der Waals surface area contributed by atoms with Gasteiger partial charge in [0, 0.05) is 13.6 Å². The van der Waals surface area contributed by atoms with Gasteiger partial charge in [0.15, 0.2) is 0 Å². The molecule has 0 N–H and O–H groups in total. The molecule has 1 aromatic rings. The van der Waals surface area contributed by atoms with Gasteiger partial charge in [-0.3, -0.25) is 4.79 Å². The van der Waals surface area contributed by atoms with Gasteiger partial charge in [0.05, 0.1) is 6.07 Å². The number of hydrogen-bond acceptors (Lipinski definition) is 2. The molecule has 1 amide bonds. The van der Waals surface area contributed by atoms with Crippen LogP contribution in [0, 0.1) is 16.7 Å². The lowest BCUT2D eigenvalue weighted by Crippen LogP contribution is -2.37. The lowest BCUT2D eigenvalue weighted by molar-refractivity contribution is -0.131. The van der Waals surface area contributed by atoms with Crippen molar-refractivity contribution in [2.75, 3.05) is 13.6 Å². The van der Waals surface area contributed by atoms with Crippen LogP contribution in [0.2, 0.25) is 0 Å². The third-order valence-electron chi connectivity index (χ3n) is 2.60. The molecule has 0 heterocycles. The van der Waals surface area contributed by atoms with Crippen LogP contribution in [-0.4, -0.2) is 24.4 Å². The fourth-order valence-electron chi connectivity index (χ4n) is 1.93. The van der Waals surface area contributed by atoms with E-state index in [9.17, 15) is 10.1 Å². The molecule has 1 unspecified atom stereocenters. The van der Waals surface area contributed by atoms with Gasteiger partial charge in [0.2, 0.25) is 5.91 Å². The molecule has 0 aliphatic carbocycles. The van der Waals surface area contributed by atoms with Crippen molar-refractivity contribution in [3.8, 4) is 6.07 Å². The maximum absolute atomic E-state index is 12.3. The van der Waals surface area contributed by atoms with E-state index in [2.05, 4.69) is 26.8 Å². The highest BCUT2D eigenvalue weighted by molar-refractivity contribution is 5.86. The number of carbonyl (C=O) groups is 1. The van der Waals surface area contributed by atoms with Crippen LogP contribution in [0.15, 0.2) is 30.3 Å². The zero-order valence-electron chi connectivity index (χ0n) is 11.5. The maximum atomic E-state index is 12.3. The summed E-state index contributed by atoms with van der Waals surface area (Å²) in [6, 6.07) is 11.3. The van der Waals surface area contributed by atoms with Crippen molar-refractivity contribution < 1.29 is 4.79 Å². The van der Waals surface area contributed by atoms with E-state index in [-0.39, 0.29) is 11.3 Å². The Balaban J connectivity index is 2.85. The predicted molar refractivity (Wildman–Crippen MR) is 71.9 cm³/mol. The first-order valence-corrected chi connectivity index (χ1v) is 6.05. The summed E-state index contributed by atoms with van der Waals surface area (Å²) >= 11 is 0. The summed E-state index contributed by atoms with van der Waals surface area (Å²) in [5.41, 5.74) is 0.784. The topological polar surface area (TPSA) is 44.1 Å². The number of nitriles is 1. The highest BCUT2D eigenvalue weighted by atomic mass is 16.2. The van der Waals surface area contributed by atoms with Crippen molar-refractivity contribution in [2.45, 2.75) is 26.7 Å². The molecule has 0 aliphatic heterocycles. The Morgan fingerprint density at radius 2 is 1.89 bits per heavy atom. The van der Waals surface area contributed by atoms with Crippen molar-refractivity contribution in [3.63, 3.8) is 0 Å². The second-order valence-electron chi connectivity index (χ2n) is 5.73. The van der Waals surface area contributed by atoms with Crippen LogP contribution in [0.5, 0.6) is 0 Å². The normalized spacial score (nSPS) is 12.6. The van der Waals surface area contributed by atoms with Gasteiger partial charge in [-0.05, 0) is 11.0 Å². The number of rotatable bonds is 3. The third-order valence-corrected chi connectivity index (χ3v) is 2.60. The standard InChI is InChI=1S/C15H20N2O/c1-15(2,3)11-17(4)14(18)13(10-16)12-8-6-5-7-9-12/h5-9,13H,11H2,1-4H3. The number of amides is 1. The quantitative estimate of drug-likeness (QED) is 0.820. The molecule has 0 bridgehead atoms. The fraction of sp³-hybridized carbons (Fsp3) is 0.467. The minimum absolute atomic E-state index is 0.0289. The average Bonchev–Trinajstić information content (AvgIpc) is 2.29. The summed E-state index contributed by atoms with van der Waals surface area (Å²) in [7, 11) is 1.75.